The summed E-state index contributed by atoms with van der Waals surface area (Å²) in [5, 5.41) is 3.68. The minimum Gasteiger partial charge on any atom is -0.354 e. The molecule has 0 atom stereocenters. The van der Waals surface area contributed by atoms with E-state index in [2.05, 4.69) is 5.32 Å². The van der Waals surface area contributed by atoms with Crippen LogP contribution in [0.1, 0.15) is 0 Å². The van der Waals surface area contributed by atoms with Crippen LogP contribution in [0, 0.1) is 0 Å². The maximum absolute atomic E-state index is 11.2. The zero-order valence-corrected chi connectivity index (χ0v) is 11.8. The Morgan fingerprint density at radius 1 is 1.00 bits per heavy atom. The van der Waals surface area contributed by atoms with Crippen molar-refractivity contribution in [3.63, 3.8) is 0 Å². The Bertz CT molecular complexity index is 696. The minimum absolute atomic E-state index is 0.217. The predicted octanol–water partition coefficient (Wildman–Crippen LogP) is 3.98. The number of hydrogen-bond donors (Lipinski definition) is 2. The van der Waals surface area contributed by atoms with Crippen LogP contribution in [0.15, 0.2) is 47.4 Å². The van der Waals surface area contributed by atoms with Gasteiger partial charge in [0.05, 0.1) is 5.69 Å². The zero-order valence-electron chi connectivity index (χ0n) is 9.47. The Morgan fingerprint density at radius 2 is 1.58 bits per heavy atom. The number of halogens is 2. The molecule has 0 aromatic heterocycles. The number of rotatable bonds is 3. The molecule has 0 aliphatic heterocycles. The molecule has 0 aliphatic rings. The fourth-order valence-electron chi connectivity index (χ4n) is 1.58. The van der Waals surface area contributed by atoms with E-state index in [0.717, 1.165) is 0 Å². The van der Waals surface area contributed by atoms with Gasteiger partial charge in [0.15, 0.2) is 0 Å². The largest absolute Gasteiger partial charge is 0.354 e. The van der Waals surface area contributed by atoms with E-state index >= 15 is 0 Å². The zero-order chi connectivity index (χ0) is 14.0. The standard InChI is InChI=1S/C12H9Cl2NO3S/c13-8-5-9(14)7-10(6-8)15-11-3-1-2-4-12(11)19(16,17)18/h1-7,15H,(H,16,17,18). The monoisotopic (exact) mass is 317 g/mol. The molecule has 0 saturated heterocycles. The molecular formula is C12H9Cl2NO3S. The van der Waals surface area contributed by atoms with E-state index in [0.29, 0.717) is 15.7 Å². The lowest BCUT2D eigenvalue weighted by atomic mass is 10.2. The van der Waals surface area contributed by atoms with Crippen molar-refractivity contribution < 1.29 is 13.0 Å². The van der Waals surface area contributed by atoms with Crippen LogP contribution in [-0.2, 0) is 10.1 Å². The fraction of sp³-hybridized carbons (Fsp3) is 0. The highest BCUT2D eigenvalue weighted by Crippen LogP contribution is 2.28. The summed E-state index contributed by atoms with van der Waals surface area (Å²) in [5.74, 6) is 0. The van der Waals surface area contributed by atoms with Crippen molar-refractivity contribution in [2.24, 2.45) is 0 Å². The Kier molecular flexibility index (Phi) is 4.01. The van der Waals surface area contributed by atoms with Gasteiger partial charge in [-0.1, -0.05) is 35.3 Å². The third kappa shape index (κ3) is 3.61. The van der Waals surface area contributed by atoms with Gasteiger partial charge in [-0.05, 0) is 30.3 Å². The molecule has 0 bridgehead atoms. The number of nitrogens with one attached hydrogen (secondary N) is 1. The molecule has 4 nitrogen and oxygen atoms in total. The second kappa shape index (κ2) is 5.38. The fourth-order valence-corrected chi connectivity index (χ4v) is 2.75. The summed E-state index contributed by atoms with van der Waals surface area (Å²) in [5.41, 5.74) is 0.761. The van der Waals surface area contributed by atoms with Crippen LogP contribution in [0.2, 0.25) is 10.0 Å². The normalized spacial score (nSPS) is 11.3. The Labute approximate surface area is 120 Å². The van der Waals surface area contributed by atoms with E-state index in [4.69, 9.17) is 27.8 Å². The second-order valence-electron chi connectivity index (χ2n) is 3.75. The Morgan fingerprint density at radius 3 is 2.16 bits per heavy atom. The SMILES string of the molecule is O=S(=O)(O)c1ccccc1Nc1cc(Cl)cc(Cl)c1. The highest BCUT2D eigenvalue weighted by atomic mass is 35.5. The lowest BCUT2D eigenvalue weighted by molar-refractivity contribution is 0.483. The van der Waals surface area contributed by atoms with E-state index < -0.39 is 10.1 Å². The molecule has 0 fully saturated rings. The first kappa shape index (κ1) is 14.1. The van der Waals surface area contributed by atoms with E-state index in [1.54, 1.807) is 24.3 Å². The van der Waals surface area contributed by atoms with E-state index in [1.165, 1.54) is 18.2 Å². The van der Waals surface area contributed by atoms with E-state index in [-0.39, 0.29) is 10.6 Å². The summed E-state index contributed by atoms with van der Waals surface area (Å²) in [4.78, 5) is -0.217. The van der Waals surface area contributed by atoms with E-state index in [1.807, 2.05) is 0 Å². The summed E-state index contributed by atoms with van der Waals surface area (Å²) in [6.45, 7) is 0. The molecule has 0 amide bonds. The molecule has 0 unspecified atom stereocenters. The quantitative estimate of drug-likeness (QED) is 0.840. The molecule has 0 saturated carbocycles. The summed E-state index contributed by atoms with van der Waals surface area (Å²) in [6.07, 6.45) is 0. The molecule has 2 aromatic carbocycles. The maximum Gasteiger partial charge on any atom is 0.296 e. The molecule has 7 heteroatoms. The van der Waals surface area contributed by atoms with E-state index in [9.17, 15) is 8.42 Å². The second-order valence-corrected chi connectivity index (χ2v) is 6.02. The predicted molar refractivity (Wildman–Crippen MR) is 76.0 cm³/mol. The van der Waals surface area contributed by atoms with Crippen LogP contribution in [-0.4, -0.2) is 13.0 Å². The van der Waals surface area contributed by atoms with Crippen molar-refractivity contribution in [3.05, 3.63) is 52.5 Å². The van der Waals surface area contributed by atoms with Gasteiger partial charge in [0.25, 0.3) is 10.1 Å². The topological polar surface area (TPSA) is 66.4 Å². The third-order valence-corrected chi connectivity index (χ3v) is 3.65. The molecule has 2 aromatic rings. The van der Waals surface area contributed by atoms with Crippen LogP contribution < -0.4 is 5.32 Å². The van der Waals surface area contributed by atoms with Crippen LogP contribution in [0.25, 0.3) is 0 Å². The molecule has 0 radical (unpaired) electrons. The van der Waals surface area contributed by atoms with Crippen molar-refractivity contribution in [3.8, 4) is 0 Å². The van der Waals surface area contributed by atoms with Gasteiger partial charge in [0.1, 0.15) is 4.90 Å². The Hall–Kier alpha value is -1.27. The van der Waals surface area contributed by atoms with Crippen molar-refractivity contribution in [1.82, 2.24) is 0 Å². The third-order valence-electron chi connectivity index (χ3n) is 2.31. The van der Waals surface area contributed by atoms with Gasteiger partial charge in [0.2, 0.25) is 0 Å². The van der Waals surface area contributed by atoms with Crippen LogP contribution in [0.5, 0.6) is 0 Å². The molecule has 2 rings (SSSR count). The highest BCUT2D eigenvalue weighted by Gasteiger charge is 2.14. The van der Waals surface area contributed by atoms with Gasteiger partial charge in [-0.25, -0.2) is 0 Å². The van der Waals surface area contributed by atoms with Crippen molar-refractivity contribution in [2.45, 2.75) is 4.90 Å². The molecule has 0 spiro atoms. The average molecular weight is 318 g/mol. The Balaban J connectivity index is 2.44. The van der Waals surface area contributed by atoms with Gasteiger partial charge in [-0.2, -0.15) is 8.42 Å². The molecule has 0 aliphatic carbocycles. The first-order valence-electron chi connectivity index (χ1n) is 5.16. The van der Waals surface area contributed by atoms with Gasteiger partial charge in [-0.15, -0.1) is 0 Å². The molecule has 19 heavy (non-hydrogen) atoms. The lowest BCUT2D eigenvalue weighted by Gasteiger charge is -2.10. The first-order chi connectivity index (χ1) is 8.86. The summed E-state index contributed by atoms with van der Waals surface area (Å²) in [6, 6.07) is 10.7. The smallest absolute Gasteiger partial charge is 0.296 e. The minimum atomic E-state index is -4.30. The van der Waals surface area contributed by atoms with Crippen LogP contribution in [0.3, 0.4) is 0 Å². The molecule has 0 heterocycles. The van der Waals surface area contributed by atoms with Crippen LogP contribution in [0.4, 0.5) is 11.4 Å². The van der Waals surface area contributed by atoms with Crippen molar-refractivity contribution in [1.29, 1.82) is 0 Å². The van der Waals surface area contributed by atoms with Crippen molar-refractivity contribution >= 4 is 44.7 Å². The molecule has 100 valence electrons. The van der Waals surface area contributed by atoms with Gasteiger partial charge in [0, 0.05) is 15.7 Å². The first-order valence-corrected chi connectivity index (χ1v) is 7.35. The van der Waals surface area contributed by atoms with Gasteiger partial charge >= 0.3 is 0 Å². The summed E-state index contributed by atoms with van der Waals surface area (Å²) >= 11 is 11.7. The van der Waals surface area contributed by atoms with Gasteiger partial charge < -0.3 is 5.32 Å². The summed E-state index contributed by atoms with van der Waals surface area (Å²) in [7, 11) is -4.30. The summed E-state index contributed by atoms with van der Waals surface area (Å²) < 4.78 is 31.6. The number of hydrogen-bond acceptors (Lipinski definition) is 3. The molecular weight excluding hydrogens is 309 g/mol. The number of anilines is 2. The van der Waals surface area contributed by atoms with Crippen LogP contribution >= 0.6 is 23.2 Å². The highest BCUT2D eigenvalue weighted by molar-refractivity contribution is 7.86. The number of benzene rings is 2. The number of para-hydroxylation sites is 1. The van der Waals surface area contributed by atoms with Gasteiger partial charge in [-0.3, -0.25) is 4.55 Å². The maximum atomic E-state index is 11.2. The lowest BCUT2D eigenvalue weighted by Crippen LogP contribution is -2.03. The average Bonchev–Trinajstić information content (AvgIpc) is 2.26. The molecule has 2 N–H and O–H groups in total. The van der Waals surface area contributed by atoms with Crippen molar-refractivity contribution in [2.75, 3.05) is 5.32 Å².